The molecule has 3 N–H and O–H groups in total. The Morgan fingerprint density at radius 2 is 2.12 bits per heavy atom. The Bertz CT molecular complexity index is 263. The normalized spacial score (nSPS) is 10.9. The average molecular weight is 253 g/mol. The predicted molar refractivity (Wildman–Crippen MR) is 57.3 cm³/mol. The van der Waals surface area contributed by atoms with Gasteiger partial charge in [-0.1, -0.05) is 6.08 Å². The van der Waals surface area contributed by atoms with Crippen LogP contribution in [-0.2, 0) is 14.0 Å². The second-order valence-electron chi connectivity index (χ2n) is 2.81. The molecule has 0 unspecified atom stereocenters. The summed E-state index contributed by atoms with van der Waals surface area (Å²) in [5.41, 5.74) is 0. The summed E-state index contributed by atoms with van der Waals surface area (Å²) in [6.07, 6.45) is 0.377. The smallest absolute Gasteiger partial charge is 0.407 e. The zero-order valence-corrected chi connectivity index (χ0v) is 9.69. The van der Waals surface area contributed by atoms with E-state index in [1.54, 1.807) is 6.08 Å². The van der Waals surface area contributed by atoms with Gasteiger partial charge in [0, 0.05) is 6.54 Å². The predicted octanol–water partition coefficient (Wildman–Crippen LogP) is 0.0929. The monoisotopic (exact) mass is 253 g/mol. The maximum Gasteiger partial charge on any atom is 0.407 e. The standard InChI is InChI=1S/C8H16NO6P/c1-2-4-14-5-3-9-8(10)15-6-7-16(11,12)13/h2H,1,3-7H2,(H,9,10)(H2,11,12,13). The Kier molecular flexibility index (Phi) is 7.84. The fraction of sp³-hybridized carbons (Fsp3) is 0.625. The lowest BCUT2D eigenvalue weighted by atomic mass is 10.6. The molecule has 0 aromatic heterocycles. The second-order valence-corrected chi connectivity index (χ2v) is 4.59. The molecule has 0 aliphatic rings. The molecule has 0 atom stereocenters. The molecule has 0 saturated carbocycles. The van der Waals surface area contributed by atoms with E-state index >= 15 is 0 Å². The Morgan fingerprint density at radius 1 is 1.44 bits per heavy atom. The number of rotatable bonds is 8. The Hall–Kier alpha value is -0.880. The molecule has 0 aromatic carbocycles. The van der Waals surface area contributed by atoms with Crippen LogP contribution in [0.15, 0.2) is 12.7 Å². The van der Waals surface area contributed by atoms with Crippen molar-refractivity contribution >= 4 is 13.7 Å². The van der Waals surface area contributed by atoms with Gasteiger partial charge >= 0.3 is 13.7 Å². The first-order valence-electron chi connectivity index (χ1n) is 4.59. The number of ether oxygens (including phenoxy) is 2. The molecule has 16 heavy (non-hydrogen) atoms. The minimum absolute atomic E-state index is 0.266. The van der Waals surface area contributed by atoms with Crippen LogP contribution in [0.4, 0.5) is 4.79 Å². The SMILES string of the molecule is C=CCOCCNC(=O)OCCP(=O)(O)O. The van der Waals surface area contributed by atoms with Gasteiger partial charge in [-0.05, 0) is 0 Å². The van der Waals surface area contributed by atoms with Crippen LogP contribution in [0.2, 0.25) is 0 Å². The molecule has 7 nitrogen and oxygen atoms in total. The number of alkyl carbamates (subject to hydrolysis) is 1. The van der Waals surface area contributed by atoms with Crippen LogP contribution in [-0.4, -0.2) is 48.4 Å². The van der Waals surface area contributed by atoms with E-state index in [2.05, 4.69) is 16.6 Å². The van der Waals surface area contributed by atoms with Crippen molar-refractivity contribution in [3.8, 4) is 0 Å². The molecule has 0 aliphatic carbocycles. The van der Waals surface area contributed by atoms with Crippen LogP contribution in [0, 0.1) is 0 Å². The summed E-state index contributed by atoms with van der Waals surface area (Å²) >= 11 is 0. The molecule has 0 aliphatic heterocycles. The topological polar surface area (TPSA) is 105 Å². The van der Waals surface area contributed by atoms with E-state index in [9.17, 15) is 9.36 Å². The lowest BCUT2D eigenvalue weighted by Crippen LogP contribution is -2.28. The van der Waals surface area contributed by atoms with Crippen molar-refractivity contribution in [2.45, 2.75) is 0 Å². The Balaban J connectivity index is 3.38. The highest BCUT2D eigenvalue weighted by Gasteiger charge is 2.13. The summed E-state index contributed by atoms with van der Waals surface area (Å²) in [4.78, 5) is 27.8. The molecular weight excluding hydrogens is 237 g/mol. The van der Waals surface area contributed by atoms with Gasteiger partial charge in [0.05, 0.1) is 19.4 Å². The van der Waals surface area contributed by atoms with Crippen molar-refractivity contribution in [3.63, 3.8) is 0 Å². The van der Waals surface area contributed by atoms with E-state index in [1.807, 2.05) is 0 Å². The lowest BCUT2D eigenvalue weighted by molar-refractivity contribution is 0.136. The number of hydrogen-bond acceptors (Lipinski definition) is 4. The van der Waals surface area contributed by atoms with Gasteiger partial charge in [0.2, 0.25) is 0 Å². The third-order valence-electron chi connectivity index (χ3n) is 1.37. The highest BCUT2D eigenvalue weighted by atomic mass is 31.2. The molecular formula is C8H16NO6P. The molecule has 1 amide bonds. The zero-order valence-electron chi connectivity index (χ0n) is 8.79. The fourth-order valence-electron chi connectivity index (χ4n) is 0.700. The van der Waals surface area contributed by atoms with E-state index in [0.717, 1.165) is 0 Å². The van der Waals surface area contributed by atoms with Gasteiger partial charge in [-0.2, -0.15) is 0 Å². The summed E-state index contributed by atoms with van der Waals surface area (Å²) in [5, 5.41) is 2.35. The first-order valence-corrected chi connectivity index (χ1v) is 6.39. The van der Waals surface area contributed by atoms with Crippen LogP contribution >= 0.6 is 7.60 Å². The van der Waals surface area contributed by atoms with Gasteiger partial charge in [0.1, 0.15) is 6.61 Å². The van der Waals surface area contributed by atoms with Crippen molar-refractivity contribution in [1.29, 1.82) is 0 Å². The molecule has 0 saturated heterocycles. The molecule has 94 valence electrons. The van der Waals surface area contributed by atoms with Crippen LogP contribution < -0.4 is 5.32 Å². The van der Waals surface area contributed by atoms with Crippen LogP contribution in [0.25, 0.3) is 0 Å². The van der Waals surface area contributed by atoms with Crippen molar-refractivity contribution in [1.82, 2.24) is 5.32 Å². The molecule has 0 aromatic rings. The summed E-state index contributed by atoms with van der Waals surface area (Å²) in [6.45, 7) is 4.11. The zero-order chi connectivity index (χ0) is 12.4. The van der Waals surface area contributed by atoms with Gasteiger partial charge in [0.15, 0.2) is 0 Å². The number of amides is 1. The summed E-state index contributed by atoms with van der Waals surface area (Å²) in [6, 6.07) is 0. The van der Waals surface area contributed by atoms with Crippen molar-refractivity contribution in [2.75, 3.05) is 32.5 Å². The Morgan fingerprint density at radius 3 is 2.69 bits per heavy atom. The highest BCUT2D eigenvalue weighted by molar-refractivity contribution is 7.51. The quantitative estimate of drug-likeness (QED) is 0.322. The fourth-order valence-corrected chi connectivity index (χ4v) is 1.03. The van der Waals surface area contributed by atoms with Crippen LogP contribution in [0.1, 0.15) is 0 Å². The first-order chi connectivity index (χ1) is 7.45. The maximum atomic E-state index is 10.9. The van der Waals surface area contributed by atoms with Crippen molar-refractivity contribution < 1.29 is 28.6 Å². The maximum absolute atomic E-state index is 10.9. The highest BCUT2D eigenvalue weighted by Crippen LogP contribution is 2.33. The molecule has 0 spiro atoms. The molecule has 0 rings (SSSR count). The van der Waals surface area contributed by atoms with E-state index in [-0.39, 0.29) is 13.2 Å². The van der Waals surface area contributed by atoms with Gasteiger partial charge in [-0.25, -0.2) is 4.79 Å². The molecule has 0 radical (unpaired) electrons. The van der Waals surface area contributed by atoms with Gasteiger partial charge in [-0.3, -0.25) is 4.57 Å². The van der Waals surface area contributed by atoms with Crippen molar-refractivity contribution in [2.24, 2.45) is 0 Å². The van der Waals surface area contributed by atoms with Crippen LogP contribution in [0.5, 0.6) is 0 Å². The average Bonchev–Trinajstić information content (AvgIpc) is 2.15. The lowest BCUT2D eigenvalue weighted by Gasteiger charge is -2.07. The van der Waals surface area contributed by atoms with E-state index in [0.29, 0.717) is 13.2 Å². The van der Waals surface area contributed by atoms with E-state index in [4.69, 9.17) is 14.5 Å². The number of hydrogen-bond donors (Lipinski definition) is 3. The largest absolute Gasteiger partial charge is 0.449 e. The Labute approximate surface area is 93.6 Å². The number of carbonyl (C=O) groups is 1. The first kappa shape index (κ1) is 15.1. The number of nitrogens with one attached hydrogen (secondary N) is 1. The third kappa shape index (κ3) is 11.2. The van der Waals surface area contributed by atoms with Gasteiger partial charge in [0.25, 0.3) is 0 Å². The molecule has 8 heteroatoms. The van der Waals surface area contributed by atoms with E-state index < -0.39 is 19.9 Å². The van der Waals surface area contributed by atoms with E-state index in [1.165, 1.54) is 0 Å². The summed E-state index contributed by atoms with van der Waals surface area (Å²) in [7, 11) is -4.10. The minimum atomic E-state index is -4.10. The van der Waals surface area contributed by atoms with Gasteiger partial charge in [-0.15, -0.1) is 6.58 Å². The summed E-state index contributed by atoms with van der Waals surface area (Å²) < 4.78 is 19.9. The molecule has 0 bridgehead atoms. The van der Waals surface area contributed by atoms with Crippen molar-refractivity contribution in [3.05, 3.63) is 12.7 Å². The second kappa shape index (κ2) is 8.29. The van der Waals surface area contributed by atoms with Crippen LogP contribution in [0.3, 0.4) is 0 Å². The molecule has 0 heterocycles. The summed E-state index contributed by atoms with van der Waals surface area (Å²) in [5.74, 6) is 0. The minimum Gasteiger partial charge on any atom is -0.449 e. The van der Waals surface area contributed by atoms with Gasteiger partial charge < -0.3 is 24.6 Å². The third-order valence-corrected chi connectivity index (χ3v) is 2.13. The number of carbonyl (C=O) groups excluding carboxylic acids is 1. The molecule has 0 fully saturated rings.